The van der Waals surface area contributed by atoms with Gasteiger partial charge in [0, 0.05) is 18.4 Å². The van der Waals surface area contributed by atoms with E-state index in [2.05, 4.69) is 63.8 Å². The van der Waals surface area contributed by atoms with E-state index in [-0.39, 0.29) is 0 Å². The molecule has 0 spiro atoms. The summed E-state index contributed by atoms with van der Waals surface area (Å²) >= 11 is 1.61. The Morgan fingerprint density at radius 2 is 1.91 bits per heavy atom. The molecule has 0 aliphatic carbocycles. The molecule has 0 fully saturated rings. The fourth-order valence-corrected chi connectivity index (χ4v) is 3.00. The summed E-state index contributed by atoms with van der Waals surface area (Å²) in [4.78, 5) is 0. The van der Waals surface area contributed by atoms with Crippen LogP contribution in [0.1, 0.15) is 31.0 Å². The van der Waals surface area contributed by atoms with Crippen LogP contribution in [-0.2, 0) is 6.42 Å². The lowest BCUT2D eigenvalue weighted by Crippen LogP contribution is -2.01. The number of thioether (sulfide) groups is 1. The van der Waals surface area contributed by atoms with Gasteiger partial charge in [-0.1, -0.05) is 37.7 Å². The van der Waals surface area contributed by atoms with E-state index in [1.165, 1.54) is 5.56 Å². The summed E-state index contributed by atoms with van der Waals surface area (Å²) in [5, 5.41) is 20.7. The predicted molar refractivity (Wildman–Crippen MR) is 89.7 cm³/mol. The van der Waals surface area contributed by atoms with Gasteiger partial charge in [-0.05, 0) is 46.2 Å². The van der Waals surface area contributed by atoms with Crippen LogP contribution < -0.4 is 0 Å². The summed E-state index contributed by atoms with van der Waals surface area (Å²) < 4.78 is 1.77. The fourth-order valence-electron chi connectivity index (χ4n) is 2.15. The molecule has 0 saturated carbocycles. The molecule has 0 aliphatic heterocycles. The minimum absolute atomic E-state index is 0.513. The molecular weight excluding hydrogens is 308 g/mol. The first-order valence-electron chi connectivity index (χ1n) is 7.52. The van der Waals surface area contributed by atoms with Gasteiger partial charge in [-0.15, -0.1) is 5.10 Å². The molecule has 0 amide bonds. The first-order chi connectivity index (χ1) is 11.2. The largest absolute Gasteiger partial charge is 0.214 e. The molecule has 0 bridgehead atoms. The average Bonchev–Trinajstić information content (AvgIpc) is 3.04. The highest BCUT2D eigenvalue weighted by molar-refractivity contribution is 7.99. The highest BCUT2D eigenvalue weighted by Crippen LogP contribution is 2.21. The van der Waals surface area contributed by atoms with Gasteiger partial charge < -0.3 is 0 Å². The van der Waals surface area contributed by atoms with Crippen molar-refractivity contribution in [2.75, 3.05) is 5.75 Å². The standard InChI is InChI=1S/C16H18N6S/c1-12(2)13-5-7-15(8-6-13)22-16(19-20-21-22)23-11-9-14-4-3-10-17-18-14/h3-8,10,12H,9,11H2,1-2H3. The highest BCUT2D eigenvalue weighted by atomic mass is 32.2. The maximum Gasteiger partial charge on any atom is 0.214 e. The molecule has 0 unspecified atom stereocenters. The number of aryl methyl sites for hydroxylation is 1. The normalized spacial score (nSPS) is 11.1. The molecule has 2 aromatic heterocycles. The monoisotopic (exact) mass is 326 g/mol. The van der Waals surface area contributed by atoms with E-state index in [9.17, 15) is 0 Å². The van der Waals surface area contributed by atoms with Crippen LogP contribution in [0.2, 0.25) is 0 Å². The van der Waals surface area contributed by atoms with Gasteiger partial charge in [0.1, 0.15) is 0 Å². The zero-order chi connectivity index (χ0) is 16.1. The van der Waals surface area contributed by atoms with Crippen molar-refractivity contribution in [2.24, 2.45) is 0 Å². The number of hydrogen-bond donors (Lipinski definition) is 0. The van der Waals surface area contributed by atoms with Gasteiger partial charge in [0.25, 0.3) is 0 Å². The van der Waals surface area contributed by atoms with Gasteiger partial charge in [-0.3, -0.25) is 0 Å². The minimum atomic E-state index is 0.513. The van der Waals surface area contributed by atoms with Crippen molar-refractivity contribution in [3.63, 3.8) is 0 Å². The van der Waals surface area contributed by atoms with Crippen molar-refractivity contribution >= 4 is 11.8 Å². The predicted octanol–water partition coefficient (Wildman–Crippen LogP) is 2.91. The lowest BCUT2D eigenvalue weighted by atomic mass is 10.0. The third kappa shape index (κ3) is 3.92. The average molecular weight is 326 g/mol. The number of rotatable bonds is 6. The lowest BCUT2D eigenvalue weighted by Gasteiger charge is -2.07. The third-order valence-electron chi connectivity index (χ3n) is 3.46. The maximum absolute atomic E-state index is 4.11. The minimum Gasteiger partial charge on any atom is -0.188 e. The van der Waals surface area contributed by atoms with Crippen LogP contribution in [0.3, 0.4) is 0 Å². The third-order valence-corrected chi connectivity index (χ3v) is 4.38. The van der Waals surface area contributed by atoms with Crippen molar-refractivity contribution in [3.8, 4) is 5.69 Å². The molecule has 0 aliphatic rings. The van der Waals surface area contributed by atoms with Crippen molar-refractivity contribution in [3.05, 3.63) is 53.9 Å². The summed E-state index contributed by atoms with van der Waals surface area (Å²) in [6, 6.07) is 12.2. The maximum atomic E-state index is 4.11. The Bertz CT molecular complexity index is 739. The molecule has 3 aromatic rings. The number of hydrogen-bond acceptors (Lipinski definition) is 6. The fraction of sp³-hybridized carbons (Fsp3) is 0.312. The quantitative estimate of drug-likeness (QED) is 0.649. The number of tetrazole rings is 1. The van der Waals surface area contributed by atoms with Crippen molar-refractivity contribution in [1.29, 1.82) is 0 Å². The second-order valence-electron chi connectivity index (χ2n) is 5.43. The van der Waals surface area contributed by atoms with Gasteiger partial charge in [0.2, 0.25) is 5.16 Å². The lowest BCUT2D eigenvalue weighted by molar-refractivity contribution is 0.754. The molecule has 0 atom stereocenters. The van der Waals surface area contributed by atoms with Crippen LogP contribution in [0.25, 0.3) is 5.69 Å². The molecule has 6 nitrogen and oxygen atoms in total. The second-order valence-corrected chi connectivity index (χ2v) is 6.50. The number of nitrogens with zero attached hydrogens (tertiary/aromatic N) is 6. The number of aromatic nitrogens is 6. The first-order valence-corrected chi connectivity index (χ1v) is 8.50. The summed E-state index contributed by atoms with van der Waals surface area (Å²) in [5.41, 5.74) is 3.25. The molecule has 0 saturated heterocycles. The number of benzene rings is 1. The molecule has 0 radical (unpaired) electrons. The summed E-state index contributed by atoms with van der Waals surface area (Å²) in [5.74, 6) is 1.36. The van der Waals surface area contributed by atoms with Crippen molar-refractivity contribution in [2.45, 2.75) is 31.3 Å². The van der Waals surface area contributed by atoms with E-state index in [0.29, 0.717) is 5.92 Å². The van der Waals surface area contributed by atoms with Gasteiger partial charge in [-0.2, -0.15) is 14.9 Å². The smallest absolute Gasteiger partial charge is 0.188 e. The van der Waals surface area contributed by atoms with Crippen molar-refractivity contribution in [1.82, 2.24) is 30.4 Å². The van der Waals surface area contributed by atoms with Crippen LogP contribution in [0.15, 0.2) is 47.8 Å². The Balaban J connectivity index is 1.67. The molecule has 3 rings (SSSR count). The van der Waals surface area contributed by atoms with Crippen molar-refractivity contribution < 1.29 is 0 Å². The van der Waals surface area contributed by atoms with E-state index in [1.54, 1.807) is 22.6 Å². The van der Waals surface area contributed by atoms with Crippen LogP contribution in [-0.4, -0.2) is 36.2 Å². The Morgan fingerprint density at radius 1 is 1.09 bits per heavy atom. The van der Waals surface area contributed by atoms with Crippen LogP contribution in [0.4, 0.5) is 0 Å². The molecule has 1 aromatic carbocycles. The zero-order valence-corrected chi connectivity index (χ0v) is 13.9. The molecule has 7 heteroatoms. The topological polar surface area (TPSA) is 69.4 Å². The summed E-state index contributed by atoms with van der Waals surface area (Å²) in [6.45, 7) is 4.36. The van der Waals surface area contributed by atoms with Gasteiger partial charge in [-0.25, -0.2) is 0 Å². The van der Waals surface area contributed by atoms with Crippen LogP contribution in [0, 0.1) is 0 Å². The molecule has 0 N–H and O–H groups in total. The summed E-state index contributed by atoms with van der Waals surface area (Å²) in [6.07, 6.45) is 2.51. The first kappa shape index (κ1) is 15.6. The molecule has 118 valence electrons. The van der Waals surface area contributed by atoms with E-state index in [0.717, 1.165) is 28.7 Å². The summed E-state index contributed by atoms with van der Waals surface area (Å²) in [7, 11) is 0. The van der Waals surface area contributed by atoms with Crippen LogP contribution in [0.5, 0.6) is 0 Å². The Kier molecular flexibility index (Phi) is 4.97. The highest BCUT2D eigenvalue weighted by Gasteiger charge is 2.09. The Morgan fingerprint density at radius 3 is 2.61 bits per heavy atom. The van der Waals surface area contributed by atoms with Gasteiger partial charge in [0.05, 0.1) is 11.4 Å². The SMILES string of the molecule is CC(C)c1ccc(-n2nnnc2SCCc2cccnn2)cc1. The second kappa shape index (κ2) is 7.32. The van der Waals surface area contributed by atoms with E-state index in [4.69, 9.17) is 0 Å². The Labute approximate surface area is 139 Å². The molecule has 23 heavy (non-hydrogen) atoms. The van der Waals surface area contributed by atoms with E-state index >= 15 is 0 Å². The van der Waals surface area contributed by atoms with E-state index < -0.39 is 0 Å². The van der Waals surface area contributed by atoms with Gasteiger partial charge in [0.15, 0.2) is 0 Å². The van der Waals surface area contributed by atoms with Gasteiger partial charge >= 0.3 is 0 Å². The Hall–Kier alpha value is -2.28. The van der Waals surface area contributed by atoms with E-state index in [1.807, 2.05) is 12.1 Å². The molecule has 2 heterocycles. The zero-order valence-electron chi connectivity index (χ0n) is 13.1. The van der Waals surface area contributed by atoms with Crippen LogP contribution >= 0.6 is 11.8 Å². The molecular formula is C16H18N6S.